The van der Waals surface area contributed by atoms with E-state index in [2.05, 4.69) is 0 Å². The van der Waals surface area contributed by atoms with E-state index in [1.54, 1.807) is 30.3 Å². The standard InChI is InChI=1S/C13H15NO6.2Na/c15-11(16)7-6-10(12(17)18)14-13(19)20-8-9-4-2-1-3-5-9;;/h1-5,10H,6-8H2,(H,14,19)(H,15,16)(H,17,18);;/q;2*+1/p-2/t10-;;/m0../s1. The molecule has 0 aliphatic carbocycles. The van der Waals surface area contributed by atoms with Crippen molar-refractivity contribution in [3.8, 4) is 0 Å². The molecule has 0 aliphatic rings. The largest absolute Gasteiger partial charge is 1.00 e. The quantitative estimate of drug-likeness (QED) is 0.498. The minimum Gasteiger partial charge on any atom is -0.550 e. The van der Waals surface area contributed by atoms with Crippen LogP contribution < -0.4 is 74.6 Å². The average molecular weight is 325 g/mol. The molecule has 1 rings (SSSR count). The van der Waals surface area contributed by atoms with Gasteiger partial charge in [0.05, 0.1) is 12.0 Å². The minimum absolute atomic E-state index is 0. The van der Waals surface area contributed by atoms with E-state index in [-0.39, 0.29) is 72.1 Å². The van der Waals surface area contributed by atoms with Gasteiger partial charge in [0, 0.05) is 5.97 Å². The number of ether oxygens (including phenoxy) is 1. The molecule has 0 fully saturated rings. The van der Waals surface area contributed by atoms with Crippen LogP contribution in [0.4, 0.5) is 4.79 Å². The second-order valence-electron chi connectivity index (χ2n) is 3.99. The summed E-state index contributed by atoms with van der Waals surface area (Å²) in [4.78, 5) is 32.4. The van der Waals surface area contributed by atoms with Gasteiger partial charge in [0.2, 0.25) is 0 Å². The summed E-state index contributed by atoms with van der Waals surface area (Å²) in [6, 6.07) is 7.37. The van der Waals surface area contributed by atoms with E-state index in [4.69, 9.17) is 4.74 Å². The van der Waals surface area contributed by atoms with Crippen LogP contribution in [0.1, 0.15) is 18.4 Å². The van der Waals surface area contributed by atoms with Crippen molar-refractivity contribution < 1.29 is 88.4 Å². The van der Waals surface area contributed by atoms with Gasteiger partial charge in [-0.25, -0.2) is 4.79 Å². The van der Waals surface area contributed by atoms with Crippen molar-refractivity contribution in [2.75, 3.05) is 0 Å². The van der Waals surface area contributed by atoms with Crippen molar-refractivity contribution in [3.05, 3.63) is 35.9 Å². The first kappa shape index (κ1) is 23.7. The van der Waals surface area contributed by atoms with E-state index >= 15 is 0 Å². The fourth-order valence-electron chi connectivity index (χ4n) is 1.42. The van der Waals surface area contributed by atoms with Gasteiger partial charge in [0.25, 0.3) is 0 Å². The topological polar surface area (TPSA) is 119 Å². The third-order valence-corrected chi connectivity index (χ3v) is 2.43. The minimum atomic E-state index is -1.58. The van der Waals surface area contributed by atoms with Gasteiger partial charge in [0.15, 0.2) is 0 Å². The van der Waals surface area contributed by atoms with Gasteiger partial charge in [-0.1, -0.05) is 30.3 Å². The normalized spacial score (nSPS) is 10.4. The summed E-state index contributed by atoms with van der Waals surface area (Å²) in [5.41, 5.74) is 0.738. The van der Waals surface area contributed by atoms with Gasteiger partial charge >= 0.3 is 65.2 Å². The third-order valence-electron chi connectivity index (χ3n) is 2.43. The molecule has 9 heteroatoms. The summed E-state index contributed by atoms with van der Waals surface area (Å²) in [5.74, 6) is -2.99. The molecule has 1 aromatic carbocycles. The molecule has 0 saturated carbocycles. The fourth-order valence-corrected chi connectivity index (χ4v) is 1.42. The van der Waals surface area contributed by atoms with E-state index < -0.39 is 30.5 Å². The number of amides is 1. The number of hydrogen-bond acceptors (Lipinski definition) is 6. The molecule has 22 heavy (non-hydrogen) atoms. The zero-order valence-electron chi connectivity index (χ0n) is 12.5. The summed E-state index contributed by atoms with van der Waals surface area (Å²) in [6.07, 6.45) is -1.79. The summed E-state index contributed by atoms with van der Waals surface area (Å²) in [6.45, 7) is -0.0209. The molecule has 0 spiro atoms. The second-order valence-corrected chi connectivity index (χ2v) is 3.99. The zero-order chi connectivity index (χ0) is 15.0. The van der Waals surface area contributed by atoms with Crippen LogP contribution in [0.5, 0.6) is 0 Å². The Labute approximate surface area is 172 Å². The van der Waals surface area contributed by atoms with Crippen LogP contribution in [0.3, 0.4) is 0 Å². The van der Waals surface area contributed by atoms with Crippen molar-refractivity contribution in [1.82, 2.24) is 5.32 Å². The van der Waals surface area contributed by atoms with Crippen molar-refractivity contribution in [3.63, 3.8) is 0 Å². The van der Waals surface area contributed by atoms with Crippen LogP contribution in [0, 0.1) is 0 Å². The molecule has 1 aromatic rings. The molecule has 108 valence electrons. The van der Waals surface area contributed by atoms with Crippen LogP contribution in [-0.4, -0.2) is 24.1 Å². The van der Waals surface area contributed by atoms with Crippen LogP contribution in [0.25, 0.3) is 0 Å². The number of hydrogen-bond donors (Lipinski definition) is 1. The Morgan fingerprint density at radius 2 is 1.68 bits per heavy atom. The molecule has 0 unspecified atom stereocenters. The van der Waals surface area contributed by atoms with Crippen LogP contribution in [-0.2, 0) is 20.9 Å². The molecule has 0 bridgehead atoms. The maximum atomic E-state index is 11.4. The Morgan fingerprint density at radius 3 is 2.18 bits per heavy atom. The first-order valence-corrected chi connectivity index (χ1v) is 5.87. The monoisotopic (exact) mass is 325 g/mol. The average Bonchev–Trinajstić information content (AvgIpc) is 2.41. The first-order chi connectivity index (χ1) is 9.49. The molecule has 7 nitrogen and oxygen atoms in total. The molecule has 1 atom stereocenters. The molecule has 1 N–H and O–H groups in total. The van der Waals surface area contributed by atoms with Gasteiger partial charge in [-0.15, -0.1) is 0 Å². The first-order valence-electron chi connectivity index (χ1n) is 5.87. The summed E-state index contributed by atoms with van der Waals surface area (Å²) < 4.78 is 4.81. The van der Waals surface area contributed by atoms with E-state index in [1.807, 2.05) is 5.32 Å². The summed E-state index contributed by atoms with van der Waals surface area (Å²) in [7, 11) is 0. The molecule has 0 aromatic heterocycles. The number of carbonyl (C=O) groups excluding carboxylic acids is 3. The number of carbonyl (C=O) groups is 3. The Morgan fingerprint density at radius 1 is 1.09 bits per heavy atom. The SMILES string of the molecule is O=C([O-])CC[C@H](NC(=O)OCc1ccccc1)C(=O)[O-].[Na+].[Na+]. The van der Waals surface area contributed by atoms with Crippen LogP contribution in [0.2, 0.25) is 0 Å². The molecular formula is C13H13NNa2O6. The van der Waals surface area contributed by atoms with Gasteiger partial charge in [-0.3, -0.25) is 0 Å². The summed E-state index contributed by atoms with van der Waals surface area (Å²) in [5, 5.41) is 23.0. The third kappa shape index (κ3) is 10.2. The maximum absolute atomic E-state index is 11.4. The number of carboxylic acids is 2. The van der Waals surface area contributed by atoms with Crippen molar-refractivity contribution >= 4 is 18.0 Å². The van der Waals surface area contributed by atoms with Crippen molar-refractivity contribution in [1.29, 1.82) is 0 Å². The van der Waals surface area contributed by atoms with Gasteiger partial charge in [-0.05, 0) is 18.4 Å². The van der Waals surface area contributed by atoms with Crippen LogP contribution >= 0.6 is 0 Å². The molecule has 0 saturated heterocycles. The molecule has 0 heterocycles. The van der Waals surface area contributed by atoms with E-state index in [0.29, 0.717) is 0 Å². The van der Waals surface area contributed by atoms with Gasteiger partial charge in [0.1, 0.15) is 6.61 Å². The van der Waals surface area contributed by atoms with Crippen LogP contribution in [0.15, 0.2) is 30.3 Å². The van der Waals surface area contributed by atoms with E-state index in [9.17, 15) is 24.6 Å². The number of benzene rings is 1. The number of alkyl carbamates (subject to hydrolysis) is 1. The predicted molar refractivity (Wildman–Crippen MR) is 62.8 cm³/mol. The molecule has 1 amide bonds. The van der Waals surface area contributed by atoms with Crippen molar-refractivity contribution in [2.45, 2.75) is 25.5 Å². The molecule has 0 aliphatic heterocycles. The number of rotatable bonds is 7. The zero-order valence-corrected chi connectivity index (χ0v) is 16.5. The van der Waals surface area contributed by atoms with Crippen molar-refractivity contribution in [2.24, 2.45) is 0 Å². The Kier molecular flexibility index (Phi) is 13.9. The van der Waals surface area contributed by atoms with E-state index in [0.717, 1.165) is 5.56 Å². The molecule has 0 radical (unpaired) electrons. The van der Waals surface area contributed by atoms with Gasteiger partial charge in [-0.2, -0.15) is 0 Å². The predicted octanol–water partition coefficient (Wildman–Crippen LogP) is -7.43. The number of nitrogens with one attached hydrogen (secondary N) is 1. The number of carboxylic acid groups (broad SMARTS) is 2. The Bertz CT molecular complexity index is 483. The fraction of sp³-hybridized carbons (Fsp3) is 0.308. The van der Waals surface area contributed by atoms with Gasteiger partial charge < -0.3 is 29.9 Å². The smallest absolute Gasteiger partial charge is 0.550 e. The van der Waals surface area contributed by atoms with E-state index in [1.165, 1.54) is 0 Å². The number of aliphatic carboxylic acids is 2. The Balaban J connectivity index is 0. The molecular weight excluding hydrogens is 312 g/mol. The Hall–Kier alpha value is -0.570. The summed E-state index contributed by atoms with van der Waals surface area (Å²) >= 11 is 0. The maximum Gasteiger partial charge on any atom is 1.00 e. The second kappa shape index (κ2) is 12.9.